The van der Waals surface area contributed by atoms with E-state index in [1.807, 2.05) is 56.3 Å². The molecule has 1 N–H and O–H groups in total. The second-order valence-corrected chi connectivity index (χ2v) is 10.3. The molecule has 1 amide bonds. The van der Waals surface area contributed by atoms with Gasteiger partial charge in [0.1, 0.15) is 5.25 Å². The molecule has 1 saturated carbocycles. The Balaban J connectivity index is 1.44. The zero-order valence-corrected chi connectivity index (χ0v) is 20.1. The number of anilines is 2. The Labute approximate surface area is 199 Å². The van der Waals surface area contributed by atoms with Gasteiger partial charge in [-0.1, -0.05) is 48.2 Å². The number of aromatic nitrogens is 3. The highest BCUT2D eigenvalue weighted by Crippen LogP contribution is 2.44. The molecule has 0 radical (unpaired) electrons. The Morgan fingerprint density at radius 2 is 1.70 bits per heavy atom. The molecule has 2 fully saturated rings. The van der Waals surface area contributed by atoms with Gasteiger partial charge in [-0.2, -0.15) is 0 Å². The van der Waals surface area contributed by atoms with Crippen molar-refractivity contribution in [2.75, 3.05) is 23.3 Å². The minimum absolute atomic E-state index is 0.0407. The molecule has 2 aromatic carbocycles. The van der Waals surface area contributed by atoms with Crippen molar-refractivity contribution in [1.29, 1.82) is 0 Å². The van der Waals surface area contributed by atoms with E-state index in [0.717, 1.165) is 59.4 Å². The zero-order chi connectivity index (χ0) is 22.8. The van der Waals surface area contributed by atoms with E-state index in [2.05, 4.69) is 31.0 Å². The van der Waals surface area contributed by atoms with Crippen LogP contribution in [-0.4, -0.2) is 33.8 Å². The Hall–Kier alpha value is -2.80. The van der Waals surface area contributed by atoms with Gasteiger partial charge in [0, 0.05) is 24.8 Å². The monoisotopic (exact) mass is 461 g/mol. The van der Waals surface area contributed by atoms with E-state index < -0.39 is 5.25 Å². The third-order valence-electron chi connectivity index (χ3n) is 6.25. The maximum atomic E-state index is 13.5. The Morgan fingerprint density at radius 1 is 1.00 bits per heavy atom. The first-order chi connectivity index (χ1) is 16.1. The molecule has 0 bridgehead atoms. The van der Waals surface area contributed by atoms with Crippen LogP contribution in [0, 0.1) is 13.8 Å². The molecule has 1 atom stereocenters. The van der Waals surface area contributed by atoms with Crippen LogP contribution in [0.2, 0.25) is 0 Å². The van der Waals surface area contributed by atoms with Gasteiger partial charge in [-0.3, -0.25) is 9.36 Å². The van der Waals surface area contributed by atoms with Crippen LogP contribution in [0.25, 0.3) is 0 Å². The first kappa shape index (κ1) is 22.0. The van der Waals surface area contributed by atoms with E-state index in [1.54, 1.807) is 0 Å². The number of aryl methyl sites for hydroxylation is 2. The van der Waals surface area contributed by atoms with Crippen molar-refractivity contribution in [2.45, 2.75) is 62.4 Å². The van der Waals surface area contributed by atoms with Crippen LogP contribution in [0.15, 0.2) is 53.7 Å². The summed E-state index contributed by atoms with van der Waals surface area (Å²) in [4.78, 5) is 15.9. The normalized spacial score (nSPS) is 17.1. The first-order valence-electron chi connectivity index (χ1n) is 11.9. The van der Waals surface area contributed by atoms with E-state index in [-0.39, 0.29) is 5.91 Å². The summed E-state index contributed by atoms with van der Waals surface area (Å²) in [7, 11) is 0. The number of carbonyl (C=O) groups is 1. The first-order valence-corrected chi connectivity index (χ1v) is 12.8. The lowest BCUT2D eigenvalue weighted by Gasteiger charge is -2.28. The molecule has 1 saturated heterocycles. The lowest BCUT2D eigenvalue weighted by Crippen LogP contribution is -2.32. The SMILES string of the molecule is Cc1cc(C)cc(NC(=O)C(Sc2nnc(N3CCCCC3)n2C2CC2)c2ccccc2)c1. The van der Waals surface area contributed by atoms with E-state index in [0.29, 0.717) is 6.04 Å². The van der Waals surface area contributed by atoms with Gasteiger partial charge in [-0.25, -0.2) is 0 Å². The van der Waals surface area contributed by atoms with Gasteiger partial charge in [-0.15, -0.1) is 10.2 Å². The fourth-order valence-corrected chi connectivity index (χ4v) is 5.67. The summed E-state index contributed by atoms with van der Waals surface area (Å²) in [6.45, 7) is 6.16. The van der Waals surface area contributed by atoms with Crippen molar-refractivity contribution >= 4 is 29.3 Å². The third-order valence-corrected chi connectivity index (χ3v) is 7.46. The van der Waals surface area contributed by atoms with Crippen molar-refractivity contribution in [2.24, 2.45) is 0 Å². The van der Waals surface area contributed by atoms with Gasteiger partial charge in [0.25, 0.3) is 0 Å². The Kier molecular flexibility index (Phi) is 6.40. The number of thioether (sulfide) groups is 1. The van der Waals surface area contributed by atoms with Gasteiger partial charge in [0.2, 0.25) is 11.9 Å². The molecule has 2 aliphatic rings. The molecule has 33 heavy (non-hydrogen) atoms. The van der Waals surface area contributed by atoms with Crippen LogP contribution >= 0.6 is 11.8 Å². The summed E-state index contributed by atoms with van der Waals surface area (Å²) in [6.07, 6.45) is 5.98. The molecule has 7 heteroatoms. The number of carbonyl (C=O) groups excluding carboxylic acids is 1. The van der Waals surface area contributed by atoms with Crippen molar-refractivity contribution in [3.8, 4) is 0 Å². The predicted octanol–water partition coefficient (Wildman–Crippen LogP) is 5.69. The highest BCUT2D eigenvalue weighted by Gasteiger charge is 2.34. The smallest absolute Gasteiger partial charge is 0.242 e. The second kappa shape index (κ2) is 9.59. The van der Waals surface area contributed by atoms with Crippen LogP contribution in [-0.2, 0) is 4.79 Å². The summed E-state index contributed by atoms with van der Waals surface area (Å²) in [5.74, 6) is 0.933. The Bertz CT molecular complexity index is 1100. The number of nitrogens with one attached hydrogen (secondary N) is 1. The topological polar surface area (TPSA) is 63.1 Å². The van der Waals surface area contributed by atoms with Gasteiger partial charge < -0.3 is 10.2 Å². The molecule has 0 spiro atoms. The summed E-state index contributed by atoms with van der Waals surface area (Å²) in [5, 5.41) is 12.8. The number of benzene rings is 2. The second-order valence-electron chi connectivity index (χ2n) is 9.21. The molecule has 1 unspecified atom stereocenters. The number of rotatable bonds is 7. The standard InChI is InChI=1S/C26H31N5OS/c1-18-15-19(2)17-21(16-18)27-24(32)23(20-9-5-3-6-10-20)33-26-29-28-25(31(26)22-11-12-22)30-13-7-4-8-14-30/h3,5-6,9-10,15-17,22-23H,4,7-8,11-14H2,1-2H3,(H,27,32). The number of amides is 1. The maximum Gasteiger partial charge on any atom is 0.242 e. The molecule has 172 valence electrons. The predicted molar refractivity (Wildman–Crippen MR) is 134 cm³/mol. The van der Waals surface area contributed by atoms with E-state index in [4.69, 9.17) is 0 Å². The number of hydrogen-bond acceptors (Lipinski definition) is 5. The molecular weight excluding hydrogens is 430 g/mol. The van der Waals surface area contributed by atoms with E-state index in [1.165, 1.54) is 31.0 Å². The summed E-state index contributed by atoms with van der Waals surface area (Å²) >= 11 is 1.51. The molecule has 1 aliphatic carbocycles. The fraction of sp³-hybridized carbons (Fsp3) is 0.423. The van der Waals surface area contributed by atoms with Crippen molar-refractivity contribution in [3.05, 3.63) is 65.2 Å². The van der Waals surface area contributed by atoms with Gasteiger partial charge in [0.15, 0.2) is 5.16 Å². The lowest BCUT2D eigenvalue weighted by atomic mass is 10.1. The zero-order valence-electron chi connectivity index (χ0n) is 19.3. The third kappa shape index (κ3) is 5.08. The molecule has 1 aliphatic heterocycles. The Morgan fingerprint density at radius 3 is 2.36 bits per heavy atom. The van der Waals surface area contributed by atoms with Gasteiger partial charge in [0.05, 0.1) is 0 Å². The largest absolute Gasteiger partial charge is 0.341 e. The van der Waals surface area contributed by atoms with Crippen LogP contribution in [0.4, 0.5) is 11.6 Å². The number of nitrogens with zero attached hydrogens (tertiary/aromatic N) is 4. The maximum absolute atomic E-state index is 13.5. The summed E-state index contributed by atoms with van der Waals surface area (Å²) in [6, 6.07) is 16.6. The van der Waals surface area contributed by atoms with Crippen molar-refractivity contribution in [1.82, 2.24) is 14.8 Å². The molecule has 6 nitrogen and oxygen atoms in total. The van der Waals surface area contributed by atoms with Gasteiger partial charge >= 0.3 is 0 Å². The molecule has 5 rings (SSSR count). The average molecular weight is 462 g/mol. The van der Waals surface area contributed by atoms with Crippen LogP contribution in [0.1, 0.15) is 60.1 Å². The molecular formula is C26H31N5OS. The van der Waals surface area contributed by atoms with Crippen LogP contribution in [0.3, 0.4) is 0 Å². The molecule has 2 heterocycles. The highest BCUT2D eigenvalue weighted by molar-refractivity contribution is 8.00. The highest BCUT2D eigenvalue weighted by atomic mass is 32.2. The van der Waals surface area contributed by atoms with Crippen LogP contribution < -0.4 is 10.2 Å². The molecule has 1 aromatic heterocycles. The quantitative estimate of drug-likeness (QED) is 0.458. The lowest BCUT2D eigenvalue weighted by molar-refractivity contribution is -0.115. The number of piperidine rings is 1. The number of hydrogen-bond donors (Lipinski definition) is 1. The summed E-state index contributed by atoms with van der Waals surface area (Å²) < 4.78 is 2.29. The molecule has 3 aromatic rings. The minimum Gasteiger partial charge on any atom is -0.341 e. The summed E-state index contributed by atoms with van der Waals surface area (Å²) in [5.41, 5.74) is 4.06. The van der Waals surface area contributed by atoms with Gasteiger partial charge in [-0.05, 0) is 74.8 Å². The average Bonchev–Trinajstić information content (AvgIpc) is 3.57. The van der Waals surface area contributed by atoms with E-state index >= 15 is 0 Å². The van der Waals surface area contributed by atoms with E-state index in [9.17, 15) is 4.79 Å². The fourth-order valence-electron chi connectivity index (χ4n) is 4.57. The van der Waals surface area contributed by atoms with Crippen molar-refractivity contribution in [3.63, 3.8) is 0 Å². The van der Waals surface area contributed by atoms with Crippen molar-refractivity contribution < 1.29 is 4.79 Å². The van der Waals surface area contributed by atoms with Crippen LogP contribution in [0.5, 0.6) is 0 Å². The minimum atomic E-state index is -0.414.